The van der Waals surface area contributed by atoms with E-state index in [0.29, 0.717) is 5.02 Å². The van der Waals surface area contributed by atoms with Gasteiger partial charge in [-0.2, -0.15) is 0 Å². The Labute approximate surface area is 143 Å². The van der Waals surface area contributed by atoms with Crippen LogP contribution in [0.5, 0.6) is 0 Å². The van der Waals surface area contributed by atoms with Crippen molar-refractivity contribution in [2.45, 2.75) is 46.5 Å². The minimum atomic E-state index is 0.0694. The first-order valence-electron chi connectivity index (χ1n) is 7.69. The zero-order valence-corrected chi connectivity index (χ0v) is 14.8. The van der Waals surface area contributed by atoms with Crippen molar-refractivity contribution in [2.75, 3.05) is 5.73 Å². The Balaban J connectivity index is 0.000000231. The second-order valence-electron chi connectivity index (χ2n) is 5.71. The third-order valence-electron chi connectivity index (χ3n) is 3.92. The van der Waals surface area contributed by atoms with Crippen molar-refractivity contribution in [3.8, 4) is 0 Å². The van der Waals surface area contributed by atoms with E-state index in [1.807, 2.05) is 19.1 Å². The lowest BCUT2D eigenvalue weighted by Gasteiger charge is -2.15. The van der Waals surface area contributed by atoms with Crippen molar-refractivity contribution < 1.29 is 9.59 Å². The molecule has 0 bridgehead atoms. The minimum Gasteiger partial charge on any atom is -0.398 e. The summed E-state index contributed by atoms with van der Waals surface area (Å²) in [5.41, 5.74) is 9.84. The van der Waals surface area contributed by atoms with E-state index in [9.17, 15) is 9.59 Å². The Kier molecular flexibility index (Phi) is 7.24. The molecular weight excluding hydrogens is 310 g/mol. The molecule has 23 heavy (non-hydrogen) atoms. The highest BCUT2D eigenvalue weighted by Gasteiger charge is 2.18. The fourth-order valence-electron chi connectivity index (χ4n) is 2.55. The number of hydrogen-bond donors (Lipinski definition) is 1. The number of nitrogens with two attached hydrogens (primary N) is 1. The summed E-state index contributed by atoms with van der Waals surface area (Å²) in [6.45, 7) is 8.64. The summed E-state index contributed by atoms with van der Waals surface area (Å²) >= 11 is 5.87. The van der Waals surface area contributed by atoms with E-state index in [4.69, 9.17) is 17.3 Å². The van der Waals surface area contributed by atoms with Gasteiger partial charge in [-0.05, 0) is 69.7 Å². The number of Topliss-reactive ketones (excluding diaryl/α,β-unsaturated/α-hetero) is 2. The summed E-state index contributed by atoms with van der Waals surface area (Å²) < 4.78 is 0. The number of benzene rings is 1. The maximum Gasteiger partial charge on any atom is 0.156 e. The maximum atomic E-state index is 11.1. The van der Waals surface area contributed by atoms with Crippen molar-refractivity contribution in [3.63, 3.8) is 0 Å². The molecular formula is C19H24ClNO2. The van der Waals surface area contributed by atoms with Crippen LogP contribution in [0.4, 0.5) is 5.69 Å². The summed E-state index contributed by atoms with van der Waals surface area (Å²) in [6.07, 6.45) is 5.38. The topological polar surface area (TPSA) is 60.2 Å². The van der Waals surface area contributed by atoms with Crippen LogP contribution in [0, 0.1) is 6.92 Å². The van der Waals surface area contributed by atoms with Crippen LogP contribution in [0.3, 0.4) is 0 Å². The Morgan fingerprint density at radius 3 is 2.00 bits per heavy atom. The Hall–Kier alpha value is -1.87. The highest BCUT2D eigenvalue weighted by Crippen LogP contribution is 2.25. The predicted molar refractivity (Wildman–Crippen MR) is 97.5 cm³/mol. The van der Waals surface area contributed by atoms with Gasteiger partial charge in [0.05, 0.1) is 0 Å². The van der Waals surface area contributed by atoms with Crippen LogP contribution in [-0.2, 0) is 9.59 Å². The van der Waals surface area contributed by atoms with Crippen LogP contribution in [-0.4, -0.2) is 11.6 Å². The summed E-state index contributed by atoms with van der Waals surface area (Å²) in [4.78, 5) is 22.2. The number of hydrogen-bond acceptors (Lipinski definition) is 3. The Morgan fingerprint density at radius 1 is 1.13 bits per heavy atom. The average molecular weight is 334 g/mol. The normalized spacial score (nSPS) is 13.9. The molecule has 1 aromatic rings. The molecule has 3 nitrogen and oxygen atoms in total. The molecule has 1 aromatic carbocycles. The number of allylic oxidation sites excluding steroid dienone is 2. The summed E-state index contributed by atoms with van der Waals surface area (Å²) in [7, 11) is 0. The van der Waals surface area contributed by atoms with Gasteiger partial charge in [0.15, 0.2) is 11.6 Å². The van der Waals surface area contributed by atoms with Crippen LogP contribution in [0.25, 0.3) is 6.08 Å². The van der Waals surface area contributed by atoms with E-state index in [0.717, 1.165) is 53.6 Å². The Bertz CT molecular complexity index is 634. The number of nitrogen functional groups attached to an aromatic ring is 1. The van der Waals surface area contributed by atoms with Crippen molar-refractivity contribution in [1.29, 1.82) is 0 Å². The smallest absolute Gasteiger partial charge is 0.156 e. The van der Waals surface area contributed by atoms with Gasteiger partial charge in [0.25, 0.3) is 0 Å². The summed E-state index contributed by atoms with van der Waals surface area (Å²) in [5.74, 6) is 0.139. The molecule has 4 heteroatoms. The first-order valence-corrected chi connectivity index (χ1v) is 8.07. The molecule has 0 heterocycles. The zero-order valence-electron chi connectivity index (χ0n) is 14.0. The standard InChI is InChI=1S/C10H14O2.C9H10ClN/c1-7(11)9-5-3-4-6-10(9)8(2)12;1-3-7-5-9(11)6(2)4-8(7)10/h3-6H2,1-2H3;3-5H,1,11H2,2H3. The molecule has 2 N–H and O–H groups in total. The molecule has 1 aliphatic rings. The monoisotopic (exact) mass is 333 g/mol. The molecule has 0 amide bonds. The molecule has 124 valence electrons. The number of aryl methyl sites for hydroxylation is 1. The molecule has 0 fully saturated rings. The van der Waals surface area contributed by atoms with Gasteiger partial charge in [0.1, 0.15) is 0 Å². The summed E-state index contributed by atoms with van der Waals surface area (Å²) in [6, 6.07) is 3.67. The van der Waals surface area contributed by atoms with E-state index >= 15 is 0 Å². The fourth-order valence-corrected chi connectivity index (χ4v) is 2.84. The van der Waals surface area contributed by atoms with E-state index in [-0.39, 0.29) is 11.6 Å². The van der Waals surface area contributed by atoms with Crippen molar-refractivity contribution in [1.82, 2.24) is 0 Å². The van der Waals surface area contributed by atoms with Crippen molar-refractivity contribution in [2.24, 2.45) is 0 Å². The first kappa shape index (κ1) is 19.2. The van der Waals surface area contributed by atoms with Gasteiger partial charge < -0.3 is 5.73 Å². The van der Waals surface area contributed by atoms with Gasteiger partial charge in [0, 0.05) is 21.9 Å². The van der Waals surface area contributed by atoms with Gasteiger partial charge in [-0.15, -0.1) is 0 Å². The van der Waals surface area contributed by atoms with Crippen molar-refractivity contribution in [3.05, 3.63) is 46.0 Å². The highest BCUT2D eigenvalue weighted by atomic mass is 35.5. The lowest BCUT2D eigenvalue weighted by atomic mass is 9.88. The molecule has 0 saturated carbocycles. The lowest BCUT2D eigenvalue weighted by Crippen LogP contribution is -2.11. The zero-order chi connectivity index (χ0) is 17.6. The maximum absolute atomic E-state index is 11.1. The second kappa shape index (κ2) is 8.68. The van der Waals surface area contributed by atoms with Gasteiger partial charge in [-0.1, -0.05) is 24.3 Å². The quantitative estimate of drug-likeness (QED) is 0.799. The minimum absolute atomic E-state index is 0.0694. The van der Waals surface area contributed by atoms with Crippen molar-refractivity contribution >= 4 is 34.9 Å². The van der Waals surface area contributed by atoms with E-state index in [1.54, 1.807) is 19.9 Å². The van der Waals surface area contributed by atoms with Crippen LogP contribution < -0.4 is 5.73 Å². The van der Waals surface area contributed by atoms with E-state index < -0.39 is 0 Å². The molecule has 1 aliphatic carbocycles. The van der Waals surface area contributed by atoms with Gasteiger partial charge in [-0.3, -0.25) is 9.59 Å². The van der Waals surface area contributed by atoms with Crippen LogP contribution in [0.2, 0.25) is 5.02 Å². The van der Waals surface area contributed by atoms with Gasteiger partial charge in [0.2, 0.25) is 0 Å². The average Bonchev–Trinajstić information content (AvgIpc) is 2.51. The van der Waals surface area contributed by atoms with E-state index in [2.05, 4.69) is 6.58 Å². The molecule has 0 saturated heterocycles. The number of rotatable bonds is 3. The number of carbonyl (C=O) groups excluding carboxylic acids is 2. The first-order chi connectivity index (χ1) is 10.8. The molecule has 0 unspecified atom stereocenters. The number of carbonyl (C=O) groups is 2. The van der Waals surface area contributed by atoms with Crippen LogP contribution in [0.1, 0.15) is 50.7 Å². The third kappa shape index (κ3) is 5.36. The molecule has 0 aliphatic heterocycles. The van der Waals surface area contributed by atoms with Gasteiger partial charge >= 0.3 is 0 Å². The molecule has 0 aromatic heterocycles. The number of anilines is 1. The molecule has 0 spiro atoms. The third-order valence-corrected chi connectivity index (χ3v) is 4.25. The largest absolute Gasteiger partial charge is 0.398 e. The molecule has 2 rings (SSSR count). The number of halogens is 1. The van der Waals surface area contributed by atoms with Crippen LogP contribution in [0.15, 0.2) is 29.9 Å². The lowest BCUT2D eigenvalue weighted by molar-refractivity contribution is -0.116. The molecule has 0 radical (unpaired) electrons. The van der Waals surface area contributed by atoms with Gasteiger partial charge in [-0.25, -0.2) is 0 Å². The Morgan fingerprint density at radius 2 is 1.61 bits per heavy atom. The fraction of sp³-hybridized carbons (Fsp3) is 0.368. The molecule has 0 atom stereocenters. The summed E-state index contributed by atoms with van der Waals surface area (Å²) in [5, 5.41) is 0.701. The highest BCUT2D eigenvalue weighted by molar-refractivity contribution is 6.32. The number of ketones is 2. The predicted octanol–water partition coefficient (Wildman–Crippen LogP) is 4.91. The second-order valence-corrected chi connectivity index (χ2v) is 6.12. The van der Waals surface area contributed by atoms with Crippen LogP contribution >= 0.6 is 11.6 Å². The SMILES string of the molecule is C=Cc1cc(N)c(C)cc1Cl.CC(=O)C1=C(C(C)=O)CCCC1. The van der Waals surface area contributed by atoms with E-state index in [1.165, 1.54) is 0 Å².